The highest BCUT2D eigenvalue weighted by molar-refractivity contribution is 8.93. The molecular formula is C14H15BrN4S. The lowest BCUT2D eigenvalue weighted by atomic mass is 10.2. The Morgan fingerprint density at radius 2 is 2.00 bits per heavy atom. The highest BCUT2D eigenvalue weighted by Gasteiger charge is 1.95. The third kappa shape index (κ3) is 5.99. The van der Waals surface area contributed by atoms with Crippen LogP contribution in [0.5, 0.6) is 0 Å². The molecule has 2 N–H and O–H groups in total. The van der Waals surface area contributed by atoms with E-state index in [1.807, 2.05) is 30.3 Å². The smallest absolute Gasteiger partial charge is 0.180 e. The lowest BCUT2D eigenvalue weighted by Crippen LogP contribution is -2.05. The first kappa shape index (κ1) is 16.4. The number of amidine groups is 1. The lowest BCUT2D eigenvalue weighted by Gasteiger charge is -1.99. The molecule has 0 unspecified atom stereocenters. The Labute approximate surface area is 133 Å². The summed E-state index contributed by atoms with van der Waals surface area (Å²) in [5.41, 5.74) is 7.87. The third-order valence-electron chi connectivity index (χ3n) is 2.28. The summed E-state index contributed by atoms with van der Waals surface area (Å²) in [5, 5.41) is 8.31. The minimum Gasteiger partial charge on any atom is -0.377 e. The molecule has 2 aromatic rings. The van der Waals surface area contributed by atoms with E-state index in [0.717, 1.165) is 11.3 Å². The topological polar surface area (TPSA) is 63.6 Å². The maximum atomic E-state index is 5.77. The Bertz CT molecular complexity index is 558. The molecule has 0 aliphatic heterocycles. The molecule has 0 radical (unpaired) electrons. The van der Waals surface area contributed by atoms with Crippen LogP contribution < -0.4 is 5.73 Å². The van der Waals surface area contributed by atoms with Crippen LogP contribution in [-0.2, 0) is 5.75 Å². The average Bonchev–Trinajstić information content (AvgIpc) is 2.47. The monoisotopic (exact) mass is 350 g/mol. The van der Waals surface area contributed by atoms with Crippen molar-refractivity contribution in [2.45, 2.75) is 5.75 Å². The number of hydrogen-bond donors (Lipinski definition) is 1. The maximum absolute atomic E-state index is 5.77. The van der Waals surface area contributed by atoms with E-state index in [4.69, 9.17) is 5.73 Å². The molecule has 0 aliphatic carbocycles. The van der Waals surface area contributed by atoms with Crippen LogP contribution in [0.4, 0.5) is 0 Å². The van der Waals surface area contributed by atoms with Crippen molar-refractivity contribution in [3.05, 3.63) is 66.0 Å². The van der Waals surface area contributed by atoms with Gasteiger partial charge in [-0.15, -0.1) is 22.1 Å². The summed E-state index contributed by atoms with van der Waals surface area (Å²) >= 11 is 1.46. The minimum atomic E-state index is 0. The Morgan fingerprint density at radius 3 is 2.70 bits per heavy atom. The van der Waals surface area contributed by atoms with E-state index in [2.05, 4.69) is 27.3 Å². The number of hydrogen-bond acceptors (Lipinski definition) is 4. The molecule has 104 valence electrons. The number of benzene rings is 1. The molecule has 0 amide bonds. The summed E-state index contributed by atoms with van der Waals surface area (Å²) in [4.78, 5) is 3.98. The highest BCUT2D eigenvalue weighted by Crippen LogP contribution is 2.11. The van der Waals surface area contributed by atoms with Crippen molar-refractivity contribution in [1.82, 2.24) is 4.98 Å². The van der Waals surface area contributed by atoms with Crippen LogP contribution in [0.2, 0.25) is 0 Å². The summed E-state index contributed by atoms with van der Waals surface area (Å²) in [6, 6.07) is 13.9. The molecule has 0 fully saturated rings. The summed E-state index contributed by atoms with van der Waals surface area (Å²) in [7, 11) is 0. The number of halogens is 1. The average molecular weight is 351 g/mol. The van der Waals surface area contributed by atoms with Gasteiger partial charge < -0.3 is 5.73 Å². The molecule has 0 aliphatic rings. The summed E-state index contributed by atoms with van der Waals surface area (Å²) in [6.45, 7) is 0. The second-order valence-corrected chi connectivity index (χ2v) is 4.74. The molecule has 6 heteroatoms. The van der Waals surface area contributed by atoms with Gasteiger partial charge in [-0.3, -0.25) is 4.98 Å². The van der Waals surface area contributed by atoms with Crippen molar-refractivity contribution in [1.29, 1.82) is 0 Å². The predicted octanol–water partition coefficient (Wildman–Crippen LogP) is 3.24. The largest absolute Gasteiger partial charge is 0.377 e. The van der Waals surface area contributed by atoms with Crippen LogP contribution in [0.25, 0.3) is 0 Å². The molecule has 20 heavy (non-hydrogen) atoms. The van der Waals surface area contributed by atoms with Crippen LogP contribution in [0.3, 0.4) is 0 Å². The Morgan fingerprint density at radius 1 is 1.20 bits per heavy atom. The Hall–Kier alpha value is -1.66. The fraction of sp³-hybridized carbons (Fsp3) is 0.0714. The standard InChI is InChI=1S/C14H14N4S.BrH/c15-14(19-11-12-5-2-1-3-6-12)18-17-10-13-7-4-8-16-9-13;/h1-10H,11H2,(H2,15,18);1H/b17-10+;. The molecule has 1 aromatic heterocycles. The van der Waals surface area contributed by atoms with Gasteiger partial charge >= 0.3 is 0 Å². The predicted molar refractivity (Wildman–Crippen MR) is 91.5 cm³/mol. The normalized spacial score (nSPS) is 11.3. The number of nitrogens with two attached hydrogens (primary N) is 1. The molecule has 0 saturated carbocycles. The van der Waals surface area contributed by atoms with E-state index in [0.29, 0.717) is 5.17 Å². The summed E-state index contributed by atoms with van der Waals surface area (Å²) in [6.07, 6.45) is 5.06. The summed E-state index contributed by atoms with van der Waals surface area (Å²) < 4.78 is 0. The zero-order valence-electron chi connectivity index (χ0n) is 10.7. The first-order valence-corrected chi connectivity index (χ1v) is 6.76. The third-order valence-corrected chi connectivity index (χ3v) is 3.13. The second-order valence-electron chi connectivity index (χ2n) is 3.74. The quantitative estimate of drug-likeness (QED) is 0.523. The molecule has 4 nitrogen and oxygen atoms in total. The van der Waals surface area contributed by atoms with Gasteiger partial charge in [0.05, 0.1) is 6.21 Å². The first-order valence-electron chi connectivity index (χ1n) is 5.78. The van der Waals surface area contributed by atoms with Crippen LogP contribution in [0.1, 0.15) is 11.1 Å². The minimum absolute atomic E-state index is 0. The molecule has 0 saturated heterocycles. The van der Waals surface area contributed by atoms with Crippen molar-refractivity contribution < 1.29 is 0 Å². The van der Waals surface area contributed by atoms with Crippen molar-refractivity contribution >= 4 is 40.1 Å². The SMILES string of the molecule is Br.N/C(=N/N=C/c1cccnc1)SCc1ccccc1. The van der Waals surface area contributed by atoms with Gasteiger partial charge in [0.1, 0.15) is 0 Å². The fourth-order valence-electron chi connectivity index (χ4n) is 1.37. The fourth-order valence-corrected chi connectivity index (χ4v) is 1.98. The van der Waals surface area contributed by atoms with E-state index in [1.165, 1.54) is 17.3 Å². The molecule has 1 heterocycles. The van der Waals surface area contributed by atoms with Gasteiger partial charge in [0.15, 0.2) is 5.17 Å². The molecule has 0 atom stereocenters. The van der Waals surface area contributed by atoms with Crippen LogP contribution in [0.15, 0.2) is 65.1 Å². The molecular weight excluding hydrogens is 336 g/mol. The Balaban J connectivity index is 0.00000200. The number of pyridine rings is 1. The number of thioether (sulfide) groups is 1. The van der Waals surface area contributed by atoms with Gasteiger partial charge in [-0.05, 0) is 11.6 Å². The van der Waals surface area contributed by atoms with Gasteiger partial charge in [-0.2, -0.15) is 5.10 Å². The molecule has 2 rings (SSSR count). The number of aromatic nitrogens is 1. The highest BCUT2D eigenvalue weighted by atomic mass is 79.9. The van der Waals surface area contributed by atoms with Gasteiger partial charge in [-0.1, -0.05) is 48.2 Å². The van der Waals surface area contributed by atoms with Gasteiger partial charge in [-0.25, -0.2) is 0 Å². The first-order chi connectivity index (χ1) is 9.34. The molecule has 0 bridgehead atoms. The van der Waals surface area contributed by atoms with Gasteiger partial charge in [0.25, 0.3) is 0 Å². The second kappa shape index (κ2) is 9.28. The van der Waals surface area contributed by atoms with Crippen molar-refractivity contribution in [2.24, 2.45) is 15.9 Å². The van der Waals surface area contributed by atoms with Crippen LogP contribution >= 0.6 is 28.7 Å². The zero-order valence-corrected chi connectivity index (χ0v) is 13.2. The number of nitrogens with zero attached hydrogens (tertiary/aromatic N) is 3. The molecule has 0 spiro atoms. The van der Waals surface area contributed by atoms with Crippen LogP contribution in [0, 0.1) is 0 Å². The van der Waals surface area contributed by atoms with Gasteiger partial charge in [0, 0.05) is 23.7 Å². The van der Waals surface area contributed by atoms with E-state index in [-0.39, 0.29) is 17.0 Å². The van der Waals surface area contributed by atoms with Crippen molar-refractivity contribution in [3.63, 3.8) is 0 Å². The number of rotatable bonds is 4. The van der Waals surface area contributed by atoms with E-state index >= 15 is 0 Å². The van der Waals surface area contributed by atoms with E-state index in [9.17, 15) is 0 Å². The zero-order chi connectivity index (χ0) is 13.3. The van der Waals surface area contributed by atoms with Crippen LogP contribution in [-0.4, -0.2) is 16.4 Å². The van der Waals surface area contributed by atoms with Crippen molar-refractivity contribution in [3.8, 4) is 0 Å². The van der Waals surface area contributed by atoms with Crippen molar-refractivity contribution in [2.75, 3.05) is 0 Å². The lowest BCUT2D eigenvalue weighted by molar-refractivity contribution is 1.24. The molecule has 1 aromatic carbocycles. The van der Waals surface area contributed by atoms with E-state index in [1.54, 1.807) is 18.6 Å². The van der Waals surface area contributed by atoms with E-state index < -0.39 is 0 Å². The van der Waals surface area contributed by atoms with Gasteiger partial charge in [0.2, 0.25) is 0 Å². The summed E-state index contributed by atoms with van der Waals surface area (Å²) in [5.74, 6) is 0.790. The maximum Gasteiger partial charge on any atom is 0.180 e. The Kier molecular flexibility index (Phi) is 7.60.